The van der Waals surface area contributed by atoms with Crippen molar-refractivity contribution in [3.8, 4) is 5.75 Å². The molecule has 0 radical (unpaired) electrons. The number of ether oxygens (including phenoxy) is 1. The van der Waals surface area contributed by atoms with Crippen molar-refractivity contribution < 1.29 is 14.3 Å². The molecule has 1 aliphatic heterocycles. The summed E-state index contributed by atoms with van der Waals surface area (Å²) in [6, 6.07) is 7.15. The normalized spacial score (nSPS) is 18.8. The molecule has 0 bridgehead atoms. The summed E-state index contributed by atoms with van der Waals surface area (Å²) < 4.78 is 5.08. The number of hydrogen-bond donors (Lipinski definition) is 1. The molecule has 1 fully saturated rings. The Hall–Kier alpha value is -2.04. The Balaban J connectivity index is 1.99. The molecule has 0 aromatic heterocycles. The summed E-state index contributed by atoms with van der Waals surface area (Å²) in [7, 11) is 1.60. The molecule has 2 amide bonds. The van der Waals surface area contributed by atoms with Crippen molar-refractivity contribution in [3.05, 3.63) is 24.3 Å². The van der Waals surface area contributed by atoms with Crippen molar-refractivity contribution in [2.24, 2.45) is 5.92 Å². The van der Waals surface area contributed by atoms with Gasteiger partial charge in [0.1, 0.15) is 5.75 Å². The highest BCUT2D eigenvalue weighted by molar-refractivity contribution is 5.97. The molecule has 0 aliphatic carbocycles. The molecular weight excluding hydrogens is 268 g/mol. The summed E-state index contributed by atoms with van der Waals surface area (Å²) in [6.07, 6.45) is 0.277. The van der Waals surface area contributed by atoms with Gasteiger partial charge in [-0.15, -0.1) is 0 Å². The van der Waals surface area contributed by atoms with E-state index in [1.165, 1.54) is 0 Å². The highest BCUT2D eigenvalue weighted by Gasteiger charge is 2.39. The predicted octanol–water partition coefficient (Wildman–Crippen LogP) is 2.28. The topological polar surface area (TPSA) is 58.6 Å². The van der Waals surface area contributed by atoms with E-state index < -0.39 is 0 Å². The highest BCUT2D eigenvalue weighted by atomic mass is 16.5. The Kier molecular flexibility index (Phi) is 4.21. The van der Waals surface area contributed by atoms with E-state index in [4.69, 9.17) is 4.74 Å². The van der Waals surface area contributed by atoms with Gasteiger partial charge in [0, 0.05) is 24.2 Å². The van der Waals surface area contributed by atoms with Gasteiger partial charge in [0.2, 0.25) is 11.8 Å². The van der Waals surface area contributed by atoms with Crippen LogP contribution in [0.25, 0.3) is 0 Å². The summed E-state index contributed by atoms with van der Waals surface area (Å²) in [5, 5.41) is 2.85. The average molecular weight is 290 g/mol. The van der Waals surface area contributed by atoms with Crippen LogP contribution in [-0.2, 0) is 9.59 Å². The predicted molar refractivity (Wildman–Crippen MR) is 81.2 cm³/mol. The van der Waals surface area contributed by atoms with E-state index in [1.807, 2.05) is 20.8 Å². The van der Waals surface area contributed by atoms with Crippen molar-refractivity contribution >= 4 is 17.5 Å². The number of carbonyl (C=O) groups excluding carboxylic acids is 2. The third-order valence-electron chi connectivity index (χ3n) is 3.66. The summed E-state index contributed by atoms with van der Waals surface area (Å²) >= 11 is 0. The summed E-state index contributed by atoms with van der Waals surface area (Å²) in [5.41, 5.74) is 0.467. The quantitative estimate of drug-likeness (QED) is 0.929. The average Bonchev–Trinajstić information content (AvgIpc) is 2.82. The molecule has 1 heterocycles. The van der Waals surface area contributed by atoms with E-state index in [1.54, 1.807) is 36.3 Å². The number of nitrogens with zero attached hydrogens (tertiary/aromatic N) is 1. The van der Waals surface area contributed by atoms with Crippen molar-refractivity contribution in [3.63, 3.8) is 0 Å². The number of benzene rings is 1. The van der Waals surface area contributed by atoms with Crippen LogP contribution in [0.2, 0.25) is 0 Å². The molecule has 114 valence electrons. The van der Waals surface area contributed by atoms with E-state index in [0.29, 0.717) is 12.2 Å². The van der Waals surface area contributed by atoms with Crippen LogP contribution in [0, 0.1) is 5.92 Å². The molecule has 5 heteroatoms. The monoisotopic (exact) mass is 290 g/mol. The third-order valence-corrected chi connectivity index (χ3v) is 3.66. The molecule has 0 spiro atoms. The van der Waals surface area contributed by atoms with Gasteiger partial charge in [-0.2, -0.15) is 0 Å². The zero-order valence-corrected chi connectivity index (χ0v) is 13.0. The fourth-order valence-electron chi connectivity index (χ4n) is 2.45. The molecular formula is C16H22N2O3. The Morgan fingerprint density at radius 1 is 1.29 bits per heavy atom. The lowest BCUT2D eigenvalue weighted by Gasteiger charge is -2.31. The zero-order valence-electron chi connectivity index (χ0n) is 13.0. The number of methoxy groups -OCH3 is 1. The van der Waals surface area contributed by atoms with Gasteiger partial charge in [-0.3, -0.25) is 9.59 Å². The van der Waals surface area contributed by atoms with Crippen LogP contribution in [0.4, 0.5) is 5.69 Å². The molecule has 1 N–H and O–H groups in total. The molecule has 21 heavy (non-hydrogen) atoms. The van der Waals surface area contributed by atoms with Crippen molar-refractivity contribution in [1.29, 1.82) is 0 Å². The van der Waals surface area contributed by atoms with E-state index in [-0.39, 0.29) is 29.7 Å². The zero-order chi connectivity index (χ0) is 15.6. The van der Waals surface area contributed by atoms with Gasteiger partial charge in [-0.25, -0.2) is 0 Å². The molecule has 5 nitrogen and oxygen atoms in total. The van der Waals surface area contributed by atoms with Gasteiger partial charge in [0.15, 0.2) is 0 Å². The number of likely N-dealkylation sites (tertiary alicyclic amines) is 1. The molecule has 1 atom stereocenters. The first-order valence-corrected chi connectivity index (χ1v) is 7.06. The molecule has 1 aromatic rings. The van der Waals surface area contributed by atoms with Gasteiger partial charge in [-0.1, -0.05) is 0 Å². The first-order valence-electron chi connectivity index (χ1n) is 7.06. The van der Waals surface area contributed by atoms with Crippen LogP contribution in [-0.4, -0.2) is 35.9 Å². The minimum absolute atomic E-state index is 0.0392. The maximum absolute atomic E-state index is 12.3. The fourth-order valence-corrected chi connectivity index (χ4v) is 2.45. The van der Waals surface area contributed by atoms with Crippen LogP contribution < -0.4 is 10.1 Å². The van der Waals surface area contributed by atoms with Gasteiger partial charge >= 0.3 is 0 Å². The van der Waals surface area contributed by atoms with E-state index in [9.17, 15) is 9.59 Å². The van der Waals surface area contributed by atoms with Crippen LogP contribution in [0.1, 0.15) is 27.2 Å². The highest BCUT2D eigenvalue weighted by Crippen LogP contribution is 2.27. The Morgan fingerprint density at radius 2 is 1.90 bits per heavy atom. The number of hydrogen-bond acceptors (Lipinski definition) is 3. The fraction of sp³-hybridized carbons (Fsp3) is 0.500. The Morgan fingerprint density at radius 3 is 2.38 bits per heavy atom. The lowest BCUT2D eigenvalue weighted by atomic mass is 10.1. The molecule has 1 unspecified atom stereocenters. The number of carbonyl (C=O) groups is 2. The molecule has 2 rings (SSSR count). The number of rotatable bonds is 3. The van der Waals surface area contributed by atoms with Gasteiger partial charge in [0.25, 0.3) is 0 Å². The molecule has 0 saturated carbocycles. The maximum atomic E-state index is 12.3. The standard InChI is InChI=1S/C16H22N2O3/c1-16(2,3)18-10-11(9-14(18)19)15(20)17-12-5-7-13(21-4)8-6-12/h5-8,11H,9-10H2,1-4H3,(H,17,20). The molecule has 1 aromatic carbocycles. The number of amides is 2. The second-order valence-electron chi connectivity index (χ2n) is 6.29. The minimum atomic E-state index is -0.293. The first-order chi connectivity index (χ1) is 9.81. The Bertz CT molecular complexity index is 531. The van der Waals surface area contributed by atoms with Crippen LogP contribution in [0.3, 0.4) is 0 Å². The van der Waals surface area contributed by atoms with Crippen molar-refractivity contribution in [2.45, 2.75) is 32.7 Å². The number of anilines is 1. The first kappa shape index (κ1) is 15.4. The van der Waals surface area contributed by atoms with E-state index >= 15 is 0 Å². The smallest absolute Gasteiger partial charge is 0.229 e. The second kappa shape index (κ2) is 5.76. The third kappa shape index (κ3) is 3.54. The van der Waals surface area contributed by atoms with Gasteiger partial charge in [0.05, 0.1) is 13.0 Å². The van der Waals surface area contributed by atoms with Crippen molar-refractivity contribution in [1.82, 2.24) is 4.90 Å². The molecule has 1 aliphatic rings. The van der Waals surface area contributed by atoms with Crippen LogP contribution >= 0.6 is 0 Å². The van der Waals surface area contributed by atoms with Gasteiger partial charge in [-0.05, 0) is 45.0 Å². The van der Waals surface area contributed by atoms with Crippen LogP contribution in [0.5, 0.6) is 5.75 Å². The SMILES string of the molecule is COc1ccc(NC(=O)C2CC(=O)N(C(C)(C)C)C2)cc1. The van der Waals surface area contributed by atoms with Crippen molar-refractivity contribution in [2.75, 3.05) is 19.0 Å². The summed E-state index contributed by atoms with van der Waals surface area (Å²) in [4.78, 5) is 26.0. The van der Waals surface area contributed by atoms with E-state index in [2.05, 4.69) is 5.32 Å². The maximum Gasteiger partial charge on any atom is 0.229 e. The lowest BCUT2D eigenvalue weighted by Crippen LogP contribution is -2.42. The summed E-state index contributed by atoms with van der Waals surface area (Å²) in [6.45, 7) is 6.42. The Labute approximate surface area is 125 Å². The largest absolute Gasteiger partial charge is 0.497 e. The summed E-state index contributed by atoms with van der Waals surface area (Å²) in [5.74, 6) is 0.374. The molecule has 1 saturated heterocycles. The van der Waals surface area contributed by atoms with Crippen LogP contribution in [0.15, 0.2) is 24.3 Å². The minimum Gasteiger partial charge on any atom is -0.497 e. The van der Waals surface area contributed by atoms with Gasteiger partial charge < -0.3 is 15.0 Å². The van der Waals surface area contributed by atoms with E-state index in [0.717, 1.165) is 5.75 Å². The lowest BCUT2D eigenvalue weighted by molar-refractivity contribution is -0.131. The number of nitrogens with one attached hydrogen (secondary N) is 1. The second-order valence-corrected chi connectivity index (χ2v) is 6.29.